The van der Waals surface area contributed by atoms with E-state index in [1.54, 1.807) is 16.4 Å². The summed E-state index contributed by atoms with van der Waals surface area (Å²) < 4.78 is 5.13. The summed E-state index contributed by atoms with van der Waals surface area (Å²) in [5, 5.41) is 5.19. The number of hydrogen-bond donors (Lipinski definition) is 1. The number of esters is 1. The molecule has 132 valence electrons. The first-order chi connectivity index (χ1) is 12.0. The molecule has 0 aliphatic heterocycles. The lowest BCUT2D eigenvalue weighted by atomic mass is 10.2. The van der Waals surface area contributed by atoms with Gasteiger partial charge >= 0.3 is 5.97 Å². The fourth-order valence-corrected chi connectivity index (χ4v) is 2.89. The lowest BCUT2D eigenvalue weighted by molar-refractivity contribution is -0.122. The smallest absolute Gasteiger partial charge is 0.358 e. The van der Waals surface area contributed by atoms with Crippen LogP contribution < -0.4 is 10.2 Å². The van der Waals surface area contributed by atoms with Gasteiger partial charge in [-0.05, 0) is 26.0 Å². The van der Waals surface area contributed by atoms with Crippen LogP contribution in [0, 0.1) is 0 Å². The number of hydrogen-bond acceptors (Lipinski definition) is 6. The van der Waals surface area contributed by atoms with Crippen molar-refractivity contribution in [3.63, 3.8) is 0 Å². The Morgan fingerprint density at radius 2 is 2.08 bits per heavy atom. The number of nitrogens with one attached hydrogen (secondary N) is 1. The molecule has 25 heavy (non-hydrogen) atoms. The van der Waals surface area contributed by atoms with Crippen molar-refractivity contribution in [1.29, 1.82) is 0 Å². The first-order valence-corrected chi connectivity index (χ1v) is 8.75. The van der Waals surface area contributed by atoms with Gasteiger partial charge < -0.3 is 15.0 Å². The molecule has 6 nitrogen and oxygen atoms in total. The number of carbonyl (C=O) groups excluding carboxylic acids is 2. The van der Waals surface area contributed by atoms with Crippen LogP contribution in [0.3, 0.4) is 0 Å². The quantitative estimate of drug-likeness (QED) is 0.578. The summed E-state index contributed by atoms with van der Waals surface area (Å²) in [6.07, 6.45) is 1.70. The van der Waals surface area contributed by atoms with E-state index >= 15 is 0 Å². The highest BCUT2D eigenvalue weighted by Crippen LogP contribution is 2.18. The fraction of sp³-hybridized carbons (Fsp3) is 0.278. The molecule has 0 aliphatic carbocycles. The standard InChI is InChI=1S/C18H21N3O3S/c1-4-10-19-18-20-15(12-25-18)17(23)24-11-16(22)21(13(2)3)14-8-6-5-7-9-14/h4-9,12-13H,1,10-11H2,2-3H3,(H,19,20). The normalized spacial score (nSPS) is 10.4. The van der Waals surface area contributed by atoms with Crippen LogP contribution in [0.2, 0.25) is 0 Å². The number of para-hydroxylation sites is 1. The van der Waals surface area contributed by atoms with Crippen LogP contribution in [0.4, 0.5) is 10.8 Å². The van der Waals surface area contributed by atoms with E-state index in [2.05, 4.69) is 16.9 Å². The molecule has 0 saturated heterocycles. The Balaban J connectivity index is 1.96. The highest BCUT2D eigenvalue weighted by atomic mass is 32.1. The van der Waals surface area contributed by atoms with Crippen LogP contribution in [0.25, 0.3) is 0 Å². The zero-order valence-electron chi connectivity index (χ0n) is 14.3. The minimum Gasteiger partial charge on any atom is -0.451 e. The van der Waals surface area contributed by atoms with Gasteiger partial charge in [-0.2, -0.15) is 0 Å². The van der Waals surface area contributed by atoms with Crippen LogP contribution >= 0.6 is 11.3 Å². The fourth-order valence-electron chi connectivity index (χ4n) is 2.20. The maximum atomic E-state index is 12.5. The van der Waals surface area contributed by atoms with Gasteiger partial charge in [-0.25, -0.2) is 9.78 Å². The lowest BCUT2D eigenvalue weighted by Crippen LogP contribution is -2.39. The van der Waals surface area contributed by atoms with E-state index in [0.29, 0.717) is 11.7 Å². The summed E-state index contributed by atoms with van der Waals surface area (Å²) in [5.41, 5.74) is 0.947. The Hall–Kier alpha value is -2.67. The number of ether oxygens (including phenoxy) is 1. The molecule has 0 fully saturated rings. The lowest BCUT2D eigenvalue weighted by Gasteiger charge is -2.26. The third kappa shape index (κ3) is 5.15. The van der Waals surface area contributed by atoms with Gasteiger partial charge in [0.1, 0.15) is 0 Å². The Labute approximate surface area is 151 Å². The Bertz CT molecular complexity index is 728. The van der Waals surface area contributed by atoms with Crippen LogP contribution in [0.1, 0.15) is 24.3 Å². The summed E-state index contributed by atoms with van der Waals surface area (Å²) in [6.45, 7) is 7.64. The molecule has 1 aromatic carbocycles. The van der Waals surface area contributed by atoms with Crippen LogP contribution in [0.15, 0.2) is 48.4 Å². The van der Waals surface area contributed by atoms with Gasteiger partial charge in [-0.3, -0.25) is 4.79 Å². The van der Waals surface area contributed by atoms with Gasteiger partial charge in [0.2, 0.25) is 0 Å². The van der Waals surface area contributed by atoms with Crippen LogP contribution in [-0.2, 0) is 9.53 Å². The number of nitrogens with zero attached hydrogens (tertiary/aromatic N) is 2. The number of carbonyl (C=O) groups is 2. The first kappa shape index (κ1) is 18.7. The molecule has 0 saturated carbocycles. The Morgan fingerprint density at radius 3 is 2.72 bits per heavy atom. The van der Waals surface area contributed by atoms with Crippen LogP contribution in [-0.4, -0.2) is 36.1 Å². The summed E-state index contributed by atoms with van der Waals surface area (Å²) in [7, 11) is 0. The van der Waals surface area contributed by atoms with Gasteiger partial charge in [0, 0.05) is 23.7 Å². The second kappa shape index (κ2) is 8.98. The Kier molecular flexibility index (Phi) is 6.71. The van der Waals surface area contributed by atoms with Crippen molar-refractivity contribution in [3.05, 3.63) is 54.1 Å². The van der Waals surface area contributed by atoms with Gasteiger partial charge in [-0.1, -0.05) is 24.3 Å². The molecule has 1 heterocycles. The number of aromatic nitrogens is 1. The van der Waals surface area contributed by atoms with Crippen molar-refractivity contribution in [2.24, 2.45) is 0 Å². The van der Waals surface area contributed by atoms with E-state index in [4.69, 9.17) is 4.74 Å². The number of thiazole rings is 1. The van der Waals surface area contributed by atoms with E-state index in [1.165, 1.54) is 11.3 Å². The zero-order chi connectivity index (χ0) is 18.2. The monoisotopic (exact) mass is 359 g/mol. The van der Waals surface area contributed by atoms with Gasteiger partial charge in [-0.15, -0.1) is 17.9 Å². The van der Waals surface area contributed by atoms with Crippen molar-refractivity contribution in [2.75, 3.05) is 23.4 Å². The third-order valence-electron chi connectivity index (χ3n) is 3.26. The van der Waals surface area contributed by atoms with E-state index in [1.807, 2.05) is 44.2 Å². The van der Waals surface area contributed by atoms with Crippen molar-refractivity contribution >= 4 is 34.0 Å². The molecule has 0 radical (unpaired) electrons. The maximum Gasteiger partial charge on any atom is 0.358 e. The van der Waals surface area contributed by atoms with Crippen molar-refractivity contribution in [1.82, 2.24) is 4.98 Å². The molecule has 1 aromatic heterocycles. The third-order valence-corrected chi connectivity index (χ3v) is 4.06. The minimum atomic E-state index is -0.618. The zero-order valence-corrected chi connectivity index (χ0v) is 15.1. The molecule has 2 rings (SSSR count). The van der Waals surface area contributed by atoms with Gasteiger partial charge in [0.15, 0.2) is 17.4 Å². The predicted octanol–water partition coefficient (Wildman–Crippen LogP) is 3.34. The maximum absolute atomic E-state index is 12.5. The molecule has 2 aromatic rings. The molecule has 0 bridgehead atoms. The molecule has 7 heteroatoms. The molecule has 1 amide bonds. The van der Waals surface area contributed by atoms with Gasteiger partial charge in [0.05, 0.1) is 0 Å². The van der Waals surface area contributed by atoms with Crippen molar-refractivity contribution in [3.8, 4) is 0 Å². The van der Waals surface area contributed by atoms with E-state index in [9.17, 15) is 9.59 Å². The molecular formula is C18H21N3O3S. The molecular weight excluding hydrogens is 338 g/mol. The largest absolute Gasteiger partial charge is 0.451 e. The van der Waals surface area contributed by atoms with Crippen molar-refractivity contribution in [2.45, 2.75) is 19.9 Å². The predicted molar refractivity (Wildman–Crippen MR) is 100 cm³/mol. The number of benzene rings is 1. The molecule has 0 unspecified atom stereocenters. The second-order valence-electron chi connectivity index (χ2n) is 5.48. The van der Waals surface area contributed by atoms with Gasteiger partial charge in [0.25, 0.3) is 5.91 Å². The average molecular weight is 359 g/mol. The highest BCUT2D eigenvalue weighted by molar-refractivity contribution is 7.13. The summed E-state index contributed by atoms with van der Waals surface area (Å²) >= 11 is 1.29. The topological polar surface area (TPSA) is 71.5 Å². The number of anilines is 2. The molecule has 0 spiro atoms. The minimum absolute atomic E-state index is 0.0532. The number of amides is 1. The highest BCUT2D eigenvalue weighted by Gasteiger charge is 2.21. The van der Waals surface area contributed by atoms with Crippen LogP contribution in [0.5, 0.6) is 0 Å². The molecule has 1 N–H and O–H groups in total. The SMILES string of the molecule is C=CCNc1nc(C(=O)OCC(=O)N(c2ccccc2)C(C)C)cs1. The number of rotatable bonds is 8. The summed E-state index contributed by atoms with van der Waals surface area (Å²) in [4.78, 5) is 30.3. The van der Waals surface area contributed by atoms with E-state index in [0.717, 1.165) is 5.69 Å². The van der Waals surface area contributed by atoms with Crippen molar-refractivity contribution < 1.29 is 14.3 Å². The van der Waals surface area contributed by atoms with E-state index < -0.39 is 5.97 Å². The average Bonchev–Trinajstić information content (AvgIpc) is 3.07. The molecule has 0 atom stereocenters. The van der Waals surface area contributed by atoms with E-state index in [-0.39, 0.29) is 24.2 Å². The summed E-state index contributed by atoms with van der Waals surface area (Å²) in [6, 6.07) is 9.23. The summed E-state index contributed by atoms with van der Waals surface area (Å²) in [5.74, 6) is -0.900. The Morgan fingerprint density at radius 1 is 1.36 bits per heavy atom. The molecule has 0 aliphatic rings. The second-order valence-corrected chi connectivity index (χ2v) is 6.33. The first-order valence-electron chi connectivity index (χ1n) is 7.87.